The first-order chi connectivity index (χ1) is 9.16. The van der Waals surface area contributed by atoms with E-state index in [0.29, 0.717) is 12.1 Å². The van der Waals surface area contributed by atoms with Gasteiger partial charge in [0.15, 0.2) is 0 Å². The Morgan fingerprint density at radius 2 is 1.84 bits per heavy atom. The van der Waals surface area contributed by atoms with Crippen molar-refractivity contribution in [2.75, 3.05) is 0 Å². The Morgan fingerprint density at radius 1 is 1.16 bits per heavy atom. The average molecular weight is 261 g/mol. The molecule has 0 saturated heterocycles. The number of unbranched alkanes of at least 4 members (excludes halogenated alkanes) is 3. The molecule has 0 aliphatic carbocycles. The summed E-state index contributed by atoms with van der Waals surface area (Å²) in [5.41, 5.74) is 6.28. The molecule has 1 aromatic heterocycles. The summed E-state index contributed by atoms with van der Waals surface area (Å²) < 4.78 is 2.67. The van der Waals surface area contributed by atoms with E-state index >= 15 is 0 Å². The van der Waals surface area contributed by atoms with E-state index in [0.717, 1.165) is 35.8 Å². The molecular formula is C14H19N3O2. The van der Waals surface area contributed by atoms with Crippen LogP contribution in [-0.2, 0) is 6.54 Å². The van der Waals surface area contributed by atoms with Crippen molar-refractivity contribution in [3.8, 4) is 0 Å². The quantitative estimate of drug-likeness (QED) is 0.839. The lowest BCUT2D eigenvalue weighted by atomic mass is 10.2. The minimum atomic E-state index is -0.728. The van der Waals surface area contributed by atoms with E-state index in [-0.39, 0.29) is 5.69 Å². The summed E-state index contributed by atoms with van der Waals surface area (Å²) in [6.45, 7) is 2.77. The van der Waals surface area contributed by atoms with Gasteiger partial charge in [-0.2, -0.15) is 0 Å². The van der Waals surface area contributed by atoms with Crippen molar-refractivity contribution < 1.29 is 4.79 Å². The maximum Gasteiger partial charge on any atom is 0.337 e. The summed E-state index contributed by atoms with van der Waals surface area (Å²) in [7, 11) is 0. The van der Waals surface area contributed by atoms with Crippen LogP contribution in [0.15, 0.2) is 29.1 Å². The summed E-state index contributed by atoms with van der Waals surface area (Å²) in [6, 6.07) is 6.51. The van der Waals surface area contributed by atoms with E-state index in [1.54, 1.807) is 16.7 Å². The molecule has 1 heterocycles. The van der Waals surface area contributed by atoms with E-state index in [1.807, 2.05) is 12.1 Å². The fourth-order valence-corrected chi connectivity index (χ4v) is 2.33. The van der Waals surface area contributed by atoms with Gasteiger partial charge < -0.3 is 5.73 Å². The van der Waals surface area contributed by atoms with Gasteiger partial charge in [0.1, 0.15) is 0 Å². The predicted molar refractivity (Wildman–Crippen MR) is 75.3 cm³/mol. The number of amides is 1. The maximum absolute atomic E-state index is 12.2. The van der Waals surface area contributed by atoms with Crippen molar-refractivity contribution in [3.63, 3.8) is 0 Å². The molecule has 2 rings (SSSR count). The number of fused-ring (bicyclic) bond motifs is 1. The predicted octanol–water partition coefficient (Wildman–Crippen LogP) is 2.31. The zero-order chi connectivity index (χ0) is 13.8. The van der Waals surface area contributed by atoms with Crippen molar-refractivity contribution in [1.82, 2.24) is 9.13 Å². The minimum Gasteiger partial charge on any atom is -0.351 e. The van der Waals surface area contributed by atoms with E-state index in [9.17, 15) is 9.59 Å². The molecule has 0 aliphatic rings. The van der Waals surface area contributed by atoms with Crippen LogP contribution in [0.25, 0.3) is 11.0 Å². The van der Waals surface area contributed by atoms with Crippen molar-refractivity contribution in [1.29, 1.82) is 0 Å². The van der Waals surface area contributed by atoms with Crippen LogP contribution < -0.4 is 11.4 Å². The Kier molecular flexibility index (Phi) is 4.04. The van der Waals surface area contributed by atoms with E-state index in [2.05, 4.69) is 6.92 Å². The summed E-state index contributed by atoms with van der Waals surface area (Å²) in [6.07, 6.45) is 4.32. The van der Waals surface area contributed by atoms with Crippen molar-refractivity contribution in [2.45, 2.75) is 39.2 Å². The van der Waals surface area contributed by atoms with Gasteiger partial charge in [-0.05, 0) is 18.6 Å². The summed E-state index contributed by atoms with van der Waals surface area (Å²) in [4.78, 5) is 23.6. The highest BCUT2D eigenvalue weighted by atomic mass is 16.2. The van der Waals surface area contributed by atoms with Gasteiger partial charge in [0.05, 0.1) is 11.0 Å². The Morgan fingerprint density at radius 3 is 2.47 bits per heavy atom. The van der Waals surface area contributed by atoms with Crippen LogP contribution in [0.2, 0.25) is 0 Å². The number of carbonyl (C=O) groups excluding carboxylic acids is 1. The number of rotatable bonds is 5. The number of imidazole rings is 1. The second-order valence-electron chi connectivity index (χ2n) is 4.66. The first-order valence-electron chi connectivity index (χ1n) is 6.67. The van der Waals surface area contributed by atoms with E-state index in [4.69, 9.17) is 5.73 Å². The molecule has 0 saturated carbocycles. The molecule has 0 radical (unpaired) electrons. The largest absolute Gasteiger partial charge is 0.351 e. The van der Waals surface area contributed by atoms with Crippen molar-refractivity contribution >= 4 is 17.1 Å². The second kappa shape index (κ2) is 5.73. The average Bonchev–Trinajstić information content (AvgIpc) is 2.67. The number of hydrogen-bond donors (Lipinski definition) is 1. The third kappa shape index (κ3) is 2.54. The van der Waals surface area contributed by atoms with Gasteiger partial charge in [-0.25, -0.2) is 14.2 Å². The smallest absolute Gasteiger partial charge is 0.337 e. The monoisotopic (exact) mass is 261 g/mol. The Balaban J connectivity index is 2.40. The summed E-state index contributed by atoms with van der Waals surface area (Å²) in [5, 5.41) is 0. The van der Waals surface area contributed by atoms with Crippen LogP contribution in [0.5, 0.6) is 0 Å². The maximum atomic E-state index is 12.2. The number of benzene rings is 1. The van der Waals surface area contributed by atoms with Crippen molar-refractivity contribution in [3.05, 3.63) is 34.7 Å². The second-order valence-corrected chi connectivity index (χ2v) is 4.66. The molecule has 19 heavy (non-hydrogen) atoms. The van der Waals surface area contributed by atoms with Crippen LogP contribution in [0.1, 0.15) is 32.6 Å². The molecule has 0 aliphatic heterocycles. The summed E-state index contributed by atoms with van der Waals surface area (Å²) >= 11 is 0. The molecule has 1 amide bonds. The lowest BCUT2D eigenvalue weighted by Gasteiger charge is -2.02. The molecule has 2 N–H and O–H groups in total. The normalized spacial score (nSPS) is 11.0. The van der Waals surface area contributed by atoms with Gasteiger partial charge in [-0.1, -0.05) is 38.3 Å². The number of hydrogen-bond acceptors (Lipinski definition) is 2. The lowest BCUT2D eigenvalue weighted by Crippen LogP contribution is -2.32. The van der Waals surface area contributed by atoms with Gasteiger partial charge in [0.25, 0.3) is 0 Å². The minimum absolute atomic E-state index is 0.342. The molecule has 1 aromatic carbocycles. The highest BCUT2D eigenvalue weighted by Gasteiger charge is 2.15. The van der Waals surface area contributed by atoms with Crippen LogP contribution >= 0.6 is 0 Å². The number of nitrogens with zero attached hydrogens (tertiary/aromatic N) is 2. The van der Waals surface area contributed by atoms with Crippen LogP contribution in [0.3, 0.4) is 0 Å². The lowest BCUT2D eigenvalue weighted by molar-refractivity contribution is 0.250. The number of carbonyl (C=O) groups is 1. The standard InChI is InChI=1S/C14H19N3O2/c1-2-3-4-7-10-16-11-8-5-6-9-12(11)17(13(15)18)14(16)19/h5-6,8-9H,2-4,7,10H2,1H3,(H2,15,18). The van der Waals surface area contributed by atoms with Crippen molar-refractivity contribution in [2.24, 2.45) is 5.73 Å². The molecule has 0 fully saturated rings. The Bertz CT molecular complexity index is 640. The van der Waals surface area contributed by atoms with Gasteiger partial charge >= 0.3 is 11.7 Å². The van der Waals surface area contributed by atoms with E-state index < -0.39 is 6.03 Å². The fourth-order valence-electron chi connectivity index (χ4n) is 2.33. The molecule has 0 bridgehead atoms. The number of primary amides is 1. The van der Waals surface area contributed by atoms with Crippen LogP contribution in [0, 0.1) is 0 Å². The zero-order valence-electron chi connectivity index (χ0n) is 11.1. The molecular weight excluding hydrogens is 242 g/mol. The highest BCUT2D eigenvalue weighted by Crippen LogP contribution is 2.13. The number of aryl methyl sites for hydroxylation is 1. The molecule has 5 heteroatoms. The third-order valence-electron chi connectivity index (χ3n) is 3.29. The van der Waals surface area contributed by atoms with Gasteiger partial charge in [0.2, 0.25) is 0 Å². The van der Waals surface area contributed by atoms with Crippen LogP contribution in [-0.4, -0.2) is 15.2 Å². The first kappa shape index (κ1) is 13.4. The first-order valence-corrected chi connectivity index (χ1v) is 6.67. The van der Waals surface area contributed by atoms with Gasteiger partial charge in [0, 0.05) is 6.54 Å². The number of aromatic nitrogens is 2. The third-order valence-corrected chi connectivity index (χ3v) is 3.29. The molecule has 102 valence electrons. The van der Waals surface area contributed by atoms with E-state index in [1.165, 1.54) is 0 Å². The highest BCUT2D eigenvalue weighted by molar-refractivity contribution is 5.88. The Hall–Kier alpha value is -2.04. The molecule has 0 unspecified atom stereocenters. The van der Waals surface area contributed by atoms with Crippen LogP contribution in [0.4, 0.5) is 4.79 Å². The van der Waals surface area contributed by atoms with Gasteiger partial charge in [-0.3, -0.25) is 4.57 Å². The van der Waals surface area contributed by atoms with Gasteiger partial charge in [-0.15, -0.1) is 0 Å². The summed E-state index contributed by atoms with van der Waals surface area (Å²) in [5.74, 6) is 0. The SMILES string of the molecule is CCCCCCn1c(=O)n(C(N)=O)c2ccccc21. The fraction of sp³-hybridized carbons (Fsp3) is 0.429. The Labute approximate surface area is 111 Å². The number of nitrogens with two attached hydrogens (primary N) is 1. The number of para-hydroxylation sites is 2. The molecule has 0 atom stereocenters. The molecule has 0 spiro atoms. The topological polar surface area (TPSA) is 70.0 Å². The molecule has 5 nitrogen and oxygen atoms in total. The molecule has 2 aromatic rings. The zero-order valence-corrected chi connectivity index (χ0v) is 11.1.